The van der Waals surface area contributed by atoms with Gasteiger partial charge in [-0.2, -0.15) is 0 Å². The fraction of sp³-hybridized carbons (Fsp3) is 0.438. The van der Waals surface area contributed by atoms with Gasteiger partial charge in [0.1, 0.15) is 17.7 Å². The lowest BCUT2D eigenvalue weighted by molar-refractivity contribution is 0.169. The maximum Gasteiger partial charge on any atom is 0.224 e. The Morgan fingerprint density at radius 3 is 2.61 bits per heavy atom. The molecule has 0 aromatic carbocycles. The van der Waals surface area contributed by atoms with Crippen molar-refractivity contribution in [2.45, 2.75) is 25.9 Å². The highest BCUT2D eigenvalue weighted by molar-refractivity contribution is 6.28. The van der Waals surface area contributed by atoms with Crippen molar-refractivity contribution in [2.75, 3.05) is 25.1 Å². The molecule has 1 aliphatic rings. The number of hydrogen-bond acceptors (Lipinski definition) is 6. The molecular formula is C16H19ClN4O2. The minimum atomic E-state index is 0.180. The molecule has 2 aromatic heterocycles. The molecule has 0 saturated carbocycles. The smallest absolute Gasteiger partial charge is 0.224 e. The molecule has 0 radical (unpaired) electrons. The average Bonchev–Trinajstić information content (AvgIpc) is 2.58. The third kappa shape index (κ3) is 3.82. The van der Waals surface area contributed by atoms with Gasteiger partial charge in [-0.1, -0.05) is 0 Å². The highest BCUT2D eigenvalue weighted by atomic mass is 35.5. The Kier molecular flexibility index (Phi) is 4.81. The van der Waals surface area contributed by atoms with Gasteiger partial charge in [-0.05, 0) is 24.6 Å². The summed E-state index contributed by atoms with van der Waals surface area (Å²) in [6, 6.07) is 3.68. The van der Waals surface area contributed by atoms with Crippen LogP contribution in [0.3, 0.4) is 0 Å². The number of pyridine rings is 1. The third-order valence-corrected chi connectivity index (χ3v) is 4.06. The summed E-state index contributed by atoms with van der Waals surface area (Å²) in [7, 11) is 1.60. The van der Waals surface area contributed by atoms with Gasteiger partial charge in [-0.25, -0.2) is 15.0 Å². The number of aromatic nitrogens is 3. The molecule has 1 saturated heterocycles. The first-order chi connectivity index (χ1) is 11.2. The first-order valence-corrected chi connectivity index (χ1v) is 7.94. The zero-order valence-corrected chi connectivity index (χ0v) is 14.0. The molecule has 0 aliphatic carbocycles. The standard InChI is InChI=1S/C16H19ClN4O2/c1-11-9-19-16(17)20-15(11)21-7-5-12(6-8-21)23-13-3-4-14(22-2)18-10-13/h3-4,9-10,12H,5-8H2,1-2H3. The second-order valence-corrected chi connectivity index (χ2v) is 5.82. The molecule has 0 amide bonds. The van der Waals surface area contributed by atoms with Crippen molar-refractivity contribution in [3.63, 3.8) is 0 Å². The number of nitrogens with zero attached hydrogens (tertiary/aromatic N) is 4. The SMILES string of the molecule is COc1ccc(OC2CCN(c3nc(Cl)ncc3C)CC2)cn1. The topological polar surface area (TPSA) is 60.4 Å². The molecule has 1 aliphatic heterocycles. The van der Waals surface area contributed by atoms with Crippen LogP contribution in [0, 0.1) is 6.92 Å². The van der Waals surface area contributed by atoms with Crippen LogP contribution in [0.5, 0.6) is 11.6 Å². The Morgan fingerprint density at radius 1 is 1.17 bits per heavy atom. The molecule has 0 unspecified atom stereocenters. The molecular weight excluding hydrogens is 316 g/mol. The summed E-state index contributed by atoms with van der Waals surface area (Å²) in [5, 5.41) is 0.285. The number of aryl methyl sites for hydroxylation is 1. The number of hydrogen-bond donors (Lipinski definition) is 0. The molecule has 1 fully saturated rings. The molecule has 2 aromatic rings. The summed E-state index contributed by atoms with van der Waals surface area (Å²) in [5.41, 5.74) is 1.04. The minimum Gasteiger partial charge on any atom is -0.489 e. The van der Waals surface area contributed by atoms with E-state index in [4.69, 9.17) is 21.1 Å². The van der Waals surface area contributed by atoms with Crippen LogP contribution in [-0.4, -0.2) is 41.3 Å². The quantitative estimate of drug-likeness (QED) is 0.801. The van der Waals surface area contributed by atoms with Gasteiger partial charge < -0.3 is 14.4 Å². The van der Waals surface area contributed by atoms with Gasteiger partial charge in [0.15, 0.2) is 0 Å². The molecule has 6 nitrogen and oxygen atoms in total. The predicted octanol–water partition coefficient (Wildman–Crippen LogP) is 2.89. The Balaban J connectivity index is 1.58. The monoisotopic (exact) mass is 334 g/mol. The van der Waals surface area contributed by atoms with Gasteiger partial charge in [-0.3, -0.25) is 0 Å². The van der Waals surface area contributed by atoms with Crippen molar-refractivity contribution < 1.29 is 9.47 Å². The van der Waals surface area contributed by atoms with Crippen LogP contribution < -0.4 is 14.4 Å². The molecule has 122 valence electrons. The van der Waals surface area contributed by atoms with Crippen LogP contribution in [0.4, 0.5) is 5.82 Å². The van der Waals surface area contributed by atoms with E-state index in [9.17, 15) is 0 Å². The highest BCUT2D eigenvalue weighted by Gasteiger charge is 2.23. The van der Waals surface area contributed by atoms with E-state index in [1.54, 1.807) is 25.6 Å². The van der Waals surface area contributed by atoms with Crippen molar-refractivity contribution in [1.82, 2.24) is 15.0 Å². The molecule has 0 N–H and O–H groups in total. The molecule has 0 spiro atoms. The summed E-state index contributed by atoms with van der Waals surface area (Å²) in [6.07, 6.45) is 5.48. The highest BCUT2D eigenvalue weighted by Crippen LogP contribution is 2.25. The number of halogens is 1. The van der Waals surface area contributed by atoms with E-state index in [1.165, 1.54) is 0 Å². The van der Waals surface area contributed by atoms with Gasteiger partial charge in [0.05, 0.1) is 13.3 Å². The number of anilines is 1. The van der Waals surface area contributed by atoms with E-state index < -0.39 is 0 Å². The van der Waals surface area contributed by atoms with Crippen LogP contribution in [0.25, 0.3) is 0 Å². The van der Waals surface area contributed by atoms with Gasteiger partial charge in [0.2, 0.25) is 11.2 Å². The molecule has 7 heteroatoms. The average molecular weight is 335 g/mol. The number of ether oxygens (including phenoxy) is 2. The minimum absolute atomic E-state index is 0.180. The van der Waals surface area contributed by atoms with Crippen molar-refractivity contribution in [2.24, 2.45) is 0 Å². The second kappa shape index (κ2) is 7.00. The largest absolute Gasteiger partial charge is 0.489 e. The number of rotatable bonds is 4. The summed E-state index contributed by atoms with van der Waals surface area (Å²) in [6.45, 7) is 3.75. The molecule has 23 heavy (non-hydrogen) atoms. The lowest BCUT2D eigenvalue weighted by atomic mass is 10.1. The van der Waals surface area contributed by atoms with Gasteiger partial charge in [0, 0.05) is 43.8 Å². The van der Waals surface area contributed by atoms with Crippen LogP contribution in [0.15, 0.2) is 24.5 Å². The van der Waals surface area contributed by atoms with Gasteiger partial charge >= 0.3 is 0 Å². The van der Waals surface area contributed by atoms with Gasteiger partial charge in [0.25, 0.3) is 0 Å². The summed E-state index contributed by atoms with van der Waals surface area (Å²) in [4.78, 5) is 14.7. The predicted molar refractivity (Wildman–Crippen MR) is 88.4 cm³/mol. The van der Waals surface area contributed by atoms with E-state index in [0.717, 1.165) is 43.1 Å². The molecule has 0 atom stereocenters. The lowest BCUT2D eigenvalue weighted by Gasteiger charge is -2.33. The summed E-state index contributed by atoms with van der Waals surface area (Å²) >= 11 is 5.91. The first kappa shape index (κ1) is 15.8. The van der Waals surface area contributed by atoms with E-state index in [1.807, 2.05) is 13.0 Å². The Bertz CT molecular complexity index is 658. The van der Waals surface area contributed by atoms with Crippen LogP contribution in [-0.2, 0) is 0 Å². The van der Waals surface area contributed by atoms with Crippen molar-refractivity contribution in [3.8, 4) is 11.6 Å². The zero-order chi connectivity index (χ0) is 16.2. The summed E-state index contributed by atoms with van der Waals surface area (Å²) in [5.74, 6) is 2.27. The third-order valence-electron chi connectivity index (χ3n) is 3.88. The lowest BCUT2D eigenvalue weighted by Crippen LogP contribution is -2.39. The molecule has 3 rings (SSSR count). The normalized spacial score (nSPS) is 15.5. The van der Waals surface area contributed by atoms with Crippen molar-refractivity contribution in [3.05, 3.63) is 35.4 Å². The summed E-state index contributed by atoms with van der Waals surface area (Å²) < 4.78 is 11.0. The number of piperidine rings is 1. The van der Waals surface area contributed by atoms with Crippen molar-refractivity contribution in [1.29, 1.82) is 0 Å². The fourth-order valence-corrected chi connectivity index (χ4v) is 2.80. The van der Waals surface area contributed by atoms with Gasteiger partial charge in [-0.15, -0.1) is 0 Å². The second-order valence-electron chi connectivity index (χ2n) is 5.49. The van der Waals surface area contributed by atoms with E-state index in [-0.39, 0.29) is 11.4 Å². The Morgan fingerprint density at radius 2 is 1.96 bits per heavy atom. The first-order valence-electron chi connectivity index (χ1n) is 7.56. The molecule has 3 heterocycles. The van der Waals surface area contributed by atoms with E-state index >= 15 is 0 Å². The molecule has 0 bridgehead atoms. The fourth-order valence-electron chi connectivity index (χ4n) is 2.67. The Labute approximate surface area is 140 Å². The maximum absolute atomic E-state index is 5.99. The van der Waals surface area contributed by atoms with E-state index in [2.05, 4.69) is 19.9 Å². The van der Waals surface area contributed by atoms with Crippen LogP contribution in [0.2, 0.25) is 5.28 Å². The zero-order valence-electron chi connectivity index (χ0n) is 13.2. The Hall–Kier alpha value is -2.08. The number of methoxy groups -OCH3 is 1. The van der Waals surface area contributed by atoms with Crippen LogP contribution in [0.1, 0.15) is 18.4 Å². The maximum atomic E-state index is 5.99. The van der Waals surface area contributed by atoms with Crippen molar-refractivity contribution >= 4 is 17.4 Å². The van der Waals surface area contributed by atoms with Crippen LogP contribution >= 0.6 is 11.6 Å². The van der Waals surface area contributed by atoms with E-state index in [0.29, 0.717) is 5.88 Å².